The van der Waals surface area contributed by atoms with Gasteiger partial charge in [0.25, 0.3) is 0 Å². The number of nitrogens with zero attached hydrogens (tertiary/aromatic N) is 1. The average Bonchev–Trinajstić information content (AvgIpc) is 3.15. The van der Waals surface area contributed by atoms with E-state index in [1.54, 1.807) is 7.11 Å². The zero-order valence-corrected chi connectivity index (χ0v) is 12.6. The molecule has 0 aromatic heterocycles. The molecule has 1 heterocycles. The lowest BCUT2D eigenvalue weighted by Gasteiger charge is -2.21. The van der Waals surface area contributed by atoms with Gasteiger partial charge >= 0.3 is 5.97 Å². The second-order valence-corrected chi connectivity index (χ2v) is 6.13. The van der Waals surface area contributed by atoms with Crippen molar-refractivity contribution in [2.45, 2.75) is 38.5 Å². The van der Waals surface area contributed by atoms with Crippen molar-refractivity contribution >= 4 is 5.97 Å². The van der Waals surface area contributed by atoms with Crippen molar-refractivity contribution in [2.75, 3.05) is 20.3 Å². The summed E-state index contributed by atoms with van der Waals surface area (Å²) in [6.07, 6.45) is 0. The van der Waals surface area contributed by atoms with Crippen LogP contribution in [0.2, 0.25) is 0 Å². The monoisotopic (exact) mass is 277 g/mol. The third-order valence-electron chi connectivity index (χ3n) is 3.24. The molecular weight excluding hydrogens is 254 g/mol. The second-order valence-electron chi connectivity index (χ2n) is 6.13. The molecule has 1 fully saturated rings. The quantitative estimate of drug-likeness (QED) is 0.612. The van der Waals surface area contributed by atoms with E-state index in [0.29, 0.717) is 6.61 Å². The Labute approximate surface area is 120 Å². The first kappa shape index (κ1) is 15.0. The van der Waals surface area contributed by atoms with Gasteiger partial charge < -0.3 is 9.47 Å². The molecule has 0 saturated carbocycles. The maximum atomic E-state index is 12.1. The largest absolute Gasteiger partial charge is 0.459 e. The third kappa shape index (κ3) is 3.81. The first-order valence-electron chi connectivity index (χ1n) is 6.95. The molecule has 20 heavy (non-hydrogen) atoms. The molecule has 1 aromatic rings. The number of ether oxygens (including phenoxy) is 2. The molecule has 1 aliphatic rings. The smallest absolute Gasteiger partial charge is 0.325 e. The number of rotatable bonds is 5. The van der Waals surface area contributed by atoms with Crippen LogP contribution in [-0.2, 0) is 14.3 Å². The van der Waals surface area contributed by atoms with Crippen LogP contribution in [0.4, 0.5) is 0 Å². The van der Waals surface area contributed by atoms with Crippen LogP contribution in [0.25, 0.3) is 0 Å². The molecular formula is C16H23NO3. The predicted octanol–water partition coefficient (Wildman–Crippen LogP) is 2.40. The lowest BCUT2D eigenvalue weighted by atomic mass is 10.1. The summed E-state index contributed by atoms with van der Waals surface area (Å²) < 4.78 is 10.7. The summed E-state index contributed by atoms with van der Waals surface area (Å²) in [7, 11) is 1.68. The van der Waals surface area contributed by atoms with Gasteiger partial charge in [-0.1, -0.05) is 30.3 Å². The minimum absolute atomic E-state index is 0.110. The molecule has 110 valence electrons. The van der Waals surface area contributed by atoms with Gasteiger partial charge in [0.15, 0.2) is 0 Å². The molecule has 1 aromatic carbocycles. The van der Waals surface area contributed by atoms with Crippen LogP contribution in [-0.4, -0.2) is 42.8 Å². The van der Waals surface area contributed by atoms with Crippen molar-refractivity contribution in [3.8, 4) is 0 Å². The van der Waals surface area contributed by atoms with Gasteiger partial charge in [-0.3, -0.25) is 9.69 Å². The van der Waals surface area contributed by atoms with E-state index in [9.17, 15) is 4.79 Å². The summed E-state index contributed by atoms with van der Waals surface area (Å²) in [6, 6.07) is 10.1. The fourth-order valence-corrected chi connectivity index (χ4v) is 2.29. The molecule has 0 amide bonds. The van der Waals surface area contributed by atoms with Crippen molar-refractivity contribution in [1.29, 1.82) is 0 Å². The van der Waals surface area contributed by atoms with Crippen LogP contribution < -0.4 is 0 Å². The third-order valence-corrected chi connectivity index (χ3v) is 3.24. The van der Waals surface area contributed by atoms with Crippen molar-refractivity contribution in [3.05, 3.63) is 35.9 Å². The predicted molar refractivity (Wildman–Crippen MR) is 77.4 cm³/mol. The summed E-state index contributed by atoms with van der Waals surface area (Å²) in [4.78, 5) is 14.2. The van der Waals surface area contributed by atoms with E-state index < -0.39 is 5.60 Å². The lowest BCUT2D eigenvalue weighted by molar-refractivity contribution is -0.155. The fourth-order valence-electron chi connectivity index (χ4n) is 2.29. The van der Waals surface area contributed by atoms with E-state index in [-0.39, 0.29) is 18.1 Å². The van der Waals surface area contributed by atoms with E-state index in [1.165, 1.54) is 5.56 Å². The number of methoxy groups -OCH3 is 1. The zero-order valence-electron chi connectivity index (χ0n) is 12.6. The van der Waals surface area contributed by atoms with E-state index >= 15 is 0 Å². The number of benzene rings is 1. The second kappa shape index (κ2) is 5.94. The highest BCUT2D eigenvalue weighted by Gasteiger charge is 2.47. The normalized spacial score (nSPS) is 23.2. The Morgan fingerprint density at radius 3 is 2.55 bits per heavy atom. The van der Waals surface area contributed by atoms with E-state index in [2.05, 4.69) is 17.0 Å². The van der Waals surface area contributed by atoms with Crippen molar-refractivity contribution < 1.29 is 14.3 Å². The minimum Gasteiger partial charge on any atom is -0.459 e. The zero-order chi connectivity index (χ0) is 14.8. The average molecular weight is 277 g/mol. The van der Waals surface area contributed by atoms with E-state index in [4.69, 9.17) is 9.47 Å². The summed E-state index contributed by atoms with van der Waals surface area (Å²) in [5.41, 5.74) is 0.731. The standard InChI is InChI=1S/C16H23NO3/c1-16(2,3)20-15(18)13-10-17(13)14(11-19-4)12-8-6-5-7-9-12/h5-9,13-14H,10-11H2,1-4H3/t13-,14-,17?/m0/s1. The Balaban J connectivity index is 2.02. The fraction of sp³-hybridized carbons (Fsp3) is 0.562. The Morgan fingerprint density at radius 1 is 1.35 bits per heavy atom. The molecule has 1 saturated heterocycles. The van der Waals surface area contributed by atoms with Crippen LogP contribution in [0.15, 0.2) is 30.3 Å². The molecule has 1 aliphatic heterocycles. The molecule has 3 atom stereocenters. The molecule has 0 aliphatic carbocycles. The maximum Gasteiger partial charge on any atom is 0.325 e. The molecule has 4 nitrogen and oxygen atoms in total. The summed E-state index contributed by atoms with van der Waals surface area (Å²) >= 11 is 0. The summed E-state index contributed by atoms with van der Waals surface area (Å²) in [6.45, 7) is 6.98. The molecule has 0 N–H and O–H groups in total. The molecule has 4 heteroatoms. The van der Waals surface area contributed by atoms with Crippen molar-refractivity contribution in [1.82, 2.24) is 4.90 Å². The number of carbonyl (C=O) groups excluding carboxylic acids is 1. The van der Waals surface area contributed by atoms with Gasteiger partial charge in [0, 0.05) is 13.7 Å². The molecule has 2 rings (SSSR count). The molecule has 0 spiro atoms. The van der Waals surface area contributed by atoms with Gasteiger partial charge in [0.2, 0.25) is 0 Å². The van der Waals surface area contributed by atoms with Crippen LogP contribution in [0, 0.1) is 0 Å². The van der Waals surface area contributed by atoms with Crippen LogP contribution in [0.3, 0.4) is 0 Å². The van der Waals surface area contributed by atoms with Gasteiger partial charge in [-0.05, 0) is 26.3 Å². The Morgan fingerprint density at radius 2 is 2.00 bits per heavy atom. The molecule has 0 bridgehead atoms. The summed E-state index contributed by atoms with van der Waals surface area (Å²) in [5.74, 6) is -0.144. The number of hydrogen-bond acceptors (Lipinski definition) is 4. The molecule has 1 unspecified atom stereocenters. The first-order chi connectivity index (χ1) is 9.42. The Bertz CT molecular complexity index is 453. The topological polar surface area (TPSA) is 38.5 Å². The van der Waals surface area contributed by atoms with Gasteiger partial charge in [-0.25, -0.2) is 0 Å². The van der Waals surface area contributed by atoms with E-state index in [0.717, 1.165) is 6.54 Å². The Hall–Kier alpha value is -1.39. The van der Waals surface area contributed by atoms with Gasteiger partial charge in [-0.15, -0.1) is 0 Å². The molecule has 0 radical (unpaired) electrons. The highest BCUT2D eigenvalue weighted by molar-refractivity contribution is 5.79. The maximum absolute atomic E-state index is 12.1. The van der Waals surface area contributed by atoms with Gasteiger partial charge in [0.05, 0.1) is 12.6 Å². The first-order valence-corrected chi connectivity index (χ1v) is 6.95. The minimum atomic E-state index is -0.436. The number of esters is 1. The van der Waals surface area contributed by atoms with Crippen molar-refractivity contribution in [3.63, 3.8) is 0 Å². The Kier molecular flexibility index (Phi) is 4.45. The lowest BCUT2D eigenvalue weighted by Crippen LogP contribution is -2.29. The van der Waals surface area contributed by atoms with Gasteiger partial charge in [0.1, 0.15) is 11.6 Å². The van der Waals surface area contributed by atoms with Crippen LogP contribution in [0.5, 0.6) is 0 Å². The highest BCUT2D eigenvalue weighted by Crippen LogP contribution is 2.33. The van der Waals surface area contributed by atoms with Gasteiger partial charge in [-0.2, -0.15) is 0 Å². The number of hydrogen-bond donors (Lipinski definition) is 0. The van der Waals surface area contributed by atoms with E-state index in [1.807, 2.05) is 39.0 Å². The highest BCUT2D eigenvalue weighted by atomic mass is 16.6. The van der Waals surface area contributed by atoms with Crippen molar-refractivity contribution in [2.24, 2.45) is 0 Å². The SMILES string of the molecule is COC[C@@H](c1ccccc1)N1C[C@H]1C(=O)OC(C)(C)C. The van der Waals surface area contributed by atoms with Crippen LogP contribution in [0.1, 0.15) is 32.4 Å². The number of carbonyl (C=O) groups is 1. The van der Waals surface area contributed by atoms with Crippen LogP contribution >= 0.6 is 0 Å². The summed E-state index contributed by atoms with van der Waals surface area (Å²) in [5, 5.41) is 0.